The smallest absolute Gasteiger partial charge is 0.0480 e. The molecule has 2 rings (SSSR count). The van der Waals surface area contributed by atoms with Crippen LogP contribution >= 0.6 is 11.8 Å². The second kappa shape index (κ2) is 6.36. The molecule has 0 heterocycles. The Balaban J connectivity index is 2.04. The molecule has 0 atom stereocenters. The largest absolute Gasteiger partial charge is 0.380 e. The molecule has 0 spiro atoms. The number of anilines is 1. The van der Waals surface area contributed by atoms with E-state index < -0.39 is 0 Å². The van der Waals surface area contributed by atoms with Crippen molar-refractivity contribution < 1.29 is 0 Å². The van der Waals surface area contributed by atoms with Gasteiger partial charge in [0.1, 0.15) is 0 Å². The van der Waals surface area contributed by atoms with Crippen molar-refractivity contribution in [1.29, 1.82) is 0 Å². The fourth-order valence-corrected chi connectivity index (χ4v) is 2.69. The molecule has 0 amide bonds. The molecule has 0 saturated carbocycles. The van der Waals surface area contributed by atoms with Crippen LogP contribution in [0.2, 0.25) is 0 Å². The molecule has 0 radical (unpaired) electrons. The van der Waals surface area contributed by atoms with Crippen LogP contribution < -0.4 is 5.32 Å². The highest BCUT2D eigenvalue weighted by Gasteiger charge is 2.12. The van der Waals surface area contributed by atoms with E-state index in [0.29, 0.717) is 0 Å². The first-order valence-electron chi connectivity index (χ1n) is 6.97. The Morgan fingerprint density at radius 2 is 1.60 bits per heavy atom. The molecule has 2 aromatic carbocycles. The first kappa shape index (κ1) is 15.0. The molecule has 2 heteroatoms. The highest BCUT2D eigenvalue weighted by Crippen LogP contribution is 2.26. The molecule has 20 heavy (non-hydrogen) atoms. The molecule has 0 unspecified atom stereocenters. The number of nitrogens with one attached hydrogen (secondary N) is 1. The Kier molecular flexibility index (Phi) is 4.77. The Morgan fingerprint density at radius 3 is 2.20 bits per heavy atom. The number of hydrogen-bond donors (Lipinski definition) is 1. The molecule has 0 aliphatic heterocycles. The van der Waals surface area contributed by atoms with Crippen LogP contribution in [0.3, 0.4) is 0 Å². The van der Waals surface area contributed by atoms with Gasteiger partial charge in [0, 0.05) is 17.1 Å². The van der Waals surface area contributed by atoms with Crippen LogP contribution in [0.1, 0.15) is 31.9 Å². The van der Waals surface area contributed by atoms with E-state index >= 15 is 0 Å². The molecule has 0 saturated heterocycles. The molecule has 2 aromatic rings. The normalized spacial score (nSPS) is 11.4. The molecule has 106 valence electrons. The summed E-state index contributed by atoms with van der Waals surface area (Å²) in [6.07, 6.45) is 2.11. The van der Waals surface area contributed by atoms with Crippen LogP contribution in [0.15, 0.2) is 53.4 Å². The van der Waals surface area contributed by atoms with E-state index in [9.17, 15) is 0 Å². The Labute approximate surface area is 126 Å². The van der Waals surface area contributed by atoms with Crippen LogP contribution in [-0.4, -0.2) is 6.26 Å². The van der Waals surface area contributed by atoms with Gasteiger partial charge in [0.2, 0.25) is 0 Å². The van der Waals surface area contributed by atoms with E-state index in [1.54, 1.807) is 11.8 Å². The molecule has 0 aliphatic carbocycles. The SMILES string of the molecule is CSc1ccccc1NCc1ccc(C(C)(C)C)cc1. The lowest BCUT2D eigenvalue weighted by molar-refractivity contribution is 0.590. The van der Waals surface area contributed by atoms with Crippen LogP contribution in [0, 0.1) is 0 Å². The van der Waals surface area contributed by atoms with Crippen LogP contribution in [0.4, 0.5) is 5.69 Å². The zero-order valence-electron chi connectivity index (χ0n) is 12.7. The van der Waals surface area contributed by atoms with Crippen LogP contribution in [-0.2, 0) is 12.0 Å². The summed E-state index contributed by atoms with van der Waals surface area (Å²) in [4.78, 5) is 1.29. The van der Waals surface area contributed by atoms with E-state index in [1.807, 2.05) is 0 Å². The van der Waals surface area contributed by atoms with Gasteiger partial charge in [-0.2, -0.15) is 0 Å². The fourth-order valence-electron chi connectivity index (χ4n) is 2.11. The maximum Gasteiger partial charge on any atom is 0.0480 e. The van der Waals surface area contributed by atoms with Crippen LogP contribution in [0.5, 0.6) is 0 Å². The number of thioether (sulfide) groups is 1. The summed E-state index contributed by atoms with van der Waals surface area (Å²) < 4.78 is 0. The van der Waals surface area contributed by atoms with Gasteiger partial charge in [-0.25, -0.2) is 0 Å². The average Bonchev–Trinajstić information content (AvgIpc) is 2.45. The van der Waals surface area contributed by atoms with Gasteiger partial charge in [0.05, 0.1) is 0 Å². The maximum absolute atomic E-state index is 3.52. The highest BCUT2D eigenvalue weighted by atomic mass is 32.2. The minimum atomic E-state index is 0.220. The Morgan fingerprint density at radius 1 is 0.950 bits per heavy atom. The quantitative estimate of drug-likeness (QED) is 0.763. The lowest BCUT2D eigenvalue weighted by Crippen LogP contribution is -2.11. The summed E-state index contributed by atoms with van der Waals surface area (Å²) in [6.45, 7) is 7.60. The topological polar surface area (TPSA) is 12.0 Å². The molecular formula is C18H23NS. The Hall–Kier alpha value is -1.41. The molecule has 0 aliphatic rings. The zero-order chi connectivity index (χ0) is 14.6. The molecule has 0 fully saturated rings. The van der Waals surface area contributed by atoms with Crippen molar-refractivity contribution in [2.75, 3.05) is 11.6 Å². The van der Waals surface area contributed by atoms with E-state index in [4.69, 9.17) is 0 Å². The number of hydrogen-bond acceptors (Lipinski definition) is 2. The van der Waals surface area contributed by atoms with E-state index in [1.165, 1.54) is 21.7 Å². The number of benzene rings is 2. The van der Waals surface area contributed by atoms with Gasteiger partial charge in [-0.05, 0) is 34.9 Å². The first-order valence-corrected chi connectivity index (χ1v) is 8.19. The molecule has 1 N–H and O–H groups in total. The minimum Gasteiger partial charge on any atom is -0.380 e. The standard InChI is InChI=1S/C18H23NS/c1-18(2,3)15-11-9-14(10-12-15)13-19-16-7-5-6-8-17(16)20-4/h5-12,19H,13H2,1-4H3. The van der Waals surface area contributed by atoms with Gasteiger partial charge in [-0.15, -0.1) is 11.8 Å². The second-order valence-electron chi connectivity index (χ2n) is 6.00. The summed E-state index contributed by atoms with van der Waals surface area (Å²) >= 11 is 1.77. The number of para-hydroxylation sites is 1. The summed E-state index contributed by atoms with van der Waals surface area (Å²) in [5.74, 6) is 0. The van der Waals surface area contributed by atoms with Crippen LogP contribution in [0.25, 0.3) is 0 Å². The third-order valence-electron chi connectivity index (χ3n) is 3.41. The van der Waals surface area contributed by atoms with Gasteiger partial charge >= 0.3 is 0 Å². The summed E-state index contributed by atoms with van der Waals surface area (Å²) in [7, 11) is 0. The van der Waals surface area contributed by atoms with Crippen molar-refractivity contribution in [1.82, 2.24) is 0 Å². The summed E-state index contributed by atoms with van der Waals surface area (Å²) in [6, 6.07) is 17.3. The zero-order valence-corrected chi connectivity index (χ0v) is 13.6. The molecule has 0 aromatic heterocycles. The predicted octanol–water partition coefficient (Wildman–Crippen LogP) is 5.32. The van der Waals surface area contributed by atoms with Gasteiger partial charge in [-0.3, -0.25) is 0 Å². The lowest BCUT2D eigenvalue weighted by atomic mass is 9.87. The van der Waals surface area contributed by atoms with Gasteiger partial charge < -0.3 is 5.32 Å². The van der Waals surface area contributed by atoms with E-state index in [2.05, 4.69) is 80.9 Å². The monoisotopic (exact) mass is 285 g/mol. The highest BCUT2D eigenvalue weighted by molar-refractivity contribution is 7.98. The minimum absolute atomic E-state index is 0.220. The summed E-state index contributed by atoms with van der Waals surface area (Å²) in [5.41, 5.74) is 4.12. The fraction of sp³-hybridized carbons (Fsp3) is 0.333. The summed E-state index contributed by atoms with van der Waals surface area (Å²) in [5, 5.41) is 3.52. The van der Waals surface area contributed by atoms with Crippen molar-refractivity contribution in [2.45, 2.75) is 37.6 Å². The van der Waals surface area contributed by atoms with Gasteiger partial charge in [-0.1, -0.05) is 57.2 Å². The second-order valence-corrected chi connectivity index (χ2v) is 6.85. The first-order chi connectivity index (χ1) is 9.50. The molecular weight excluding hydrogens is 262 g/mol. The average molecular weight is 285 g/mol. The van der Waals surface area contributed by atoms with Crippen molar-refractivity contribution >= 4 is 17.4 Å². The predicted molar refractivity (Wildman–Crippen MR) is 90.7 cm³/mol. The lowest BCUT2D eigenvalue weighted by Gasteiger charge is -2.19. The third kappa shape index (κ3) is 3.80. The molecule has 0 bridgehead atoms. The van der Waals surface area contributed by atoms with Crippen molar-refractivity contribution in [3.05, 3.63) is 59.7 Å². The van der Waals surface area contributed by atoms with Crippen molar-refractivity contribution in [3.8, 4) is 0 Å². The van der Waals surface area contributed by atoms with E-state index in [0.717, 1.165) is 6.54 Å². The third-order valence-corrected chi connectivity index (χ3v) is 4.21. The van der Waals surface area contributed by atoms with Gasteiger partial charge in [0.25, 0.3) is 0 Å². The van der Waals surface area contributed by atoms with Crippen molar-refractivity contribution in [2.24, 2.45) is 0 Å². The maximum atomic E-state index is 3.52. The van der Waals surface area contributed by atoms with Gasteiger partial charge in [0.15, 0.2) is 0 Å². The van der Waals surface area contributed by atoms with Crippen molar-refractivity contribution in [3.63, 3.8) is 0 Å². The molecule has 1 nitrogen and oxygen atoms in total. The van der Waals surface area contributed by atoms with E-state index in [-0.39, 0.29) is 5.41 Å². The number of rotatable bonds is 4. The Bertz CT molecular complexity index is 552.